The highest BCUT2D eigenvalue weighted by molar-refractivity contribution is 5.94. The molecule has 1 aromatic heterocycles. The number of piperidine rings is 1. The Morgan fingerprint density at radius 2 is 2.00 bits per heavy atom. The Hall–Kier alpha value is -2.17. The largest absolute Gasteiger partial charge is 0.337 e. The van der Waals surface area contributed by atoms with Gasteiger partial charge in [0.1, 0.15) is 11.6 Å². The molecule has 1 unspecified atom stereocenters. The molecule has 0 spiro atoms. The minimum atomic E-state index is 0.156. The Morgan fingerprint density at radius 3 is 2.79 bits per heavy atom. The maximum Gasteiger partial charge on any atom is 0.253 e. The van der Waals surface area contributed by atoms with E-state index in [0.29, 0.717) is 0 Å². The summed E-state index contributed by atoms with van der Waals surface area (Å²) in [5, 5.41) is 4.52. The van der Waals surface area contributed by atoms with Gasteiger partial charge in [0.05, 0.1) is 6.04 Å². The van der Waals surface area contributed by atoms with Crippen molar-refractivity contribution in [3.63, 3.8) is 0 Å². The van der Waals surface area contributed by atoms with Crippen LogP contribution in [-0.4, -0.2) is 38.7 Å². The summed E-state index contributed by atoms with van der Waals surface area (Å²) in [6.07, 6.45) is 5.54. The van der Waals surface area contributed by atoms with Gasteiger partial charge >= 0.3 is 0 Å². The molecule has 5 heteroatoms. The zero-order valence-electron chi connectivity index (χ0n) is 14.5. The van der Waals surface area contributed by atoms with Crippen molar-refractivity contribution in [2.75, 3.05) is 13.1 Å². The normalized spacial score (nSPS) is 20.2. The fourth-order valence-electron chi connectivity index (χ4n) is 4.11. The van der Waals surface area contributed by atoms with E-state index in [1.807, 2.05) is 29.5 Å². The van der Waals surface area contributed by atoms with Crippen molar-refractivity contribution in [2.24, 2.45) is 0 Å². The standard InChI is InChI=1S/C19H24N4O/c1-13-20-14(2)23(21-13)18-7-4-10-22(12-18)19(24)17-9-8-15-5-3-6-16(15)11-17/h8-9,11,18H,3-7,10,12H2,1-2H3. The van der Waals surface area contributed by atoms with Gasteiger partial charge in [-0.25, -0.2) is 9.67 Å². The molecule has 0 N–H and O–H groups in total. The topological polar surface area (TPSA) is 51.0 Å². The third-order valence-electron chi connectivity index (χ3n) is 5.28. The number of likely N-dealkylation sites (tertiary alicyclic amines) is 1. The lowest BCUT2D eigenvalue weighted by Gasteiger charge is -2.33. The second kappa shape index (κ2) is 6.04. The molecule has 0 bridgehead atoms. The third kappa shape index (κ3) is 2.72. The van der Waals surface area contributed by atoms with Crippen molar-refractivity contribution in [1.29, 1.82) is 0 Å². The first kappa shape index (κ1) is 15.4. The van der Waals surface area contributed by atoms with E-state index >= 15 is 0 Å². The van der Waals surface area contributed by atoms with E-state index in [2.05, 4.69) is 22.2 Å². The number of rotatable bonds is 2. The van der Waals surface area contributed by atoms with Crippen molar-refractivity contribution < 1.29 is 4.79 Å². The van der Waals surface area contributed by atoms with E-state index in [1.165, 1.54) is 17.5 Å². The van der Waals surface area contributed by atoms with Crippen LogP contribution in [0.1, 0.15) is 58.4 Å². The minimum absolute atomic E-state index is 0.156. The quantitative estimate of drug-likeness (QED) is 0.853. The van der Waals surface area contributed by atoms with Gasteiger partial charge < -0.3 is 4.90 Å². The predicted octanol–water partition coefficient (Wildman–Crippen LogP) is 2.86. The van der Waals surface area contributed by atoms with Gasteiger partial charge in [0.15, 0.2) is 0 Å². The monoisotopic (exact) mass is 324 g/mol. The fraction of sp³-hybridized carbons (Fsp3) is 0.526. The molecule has 2 aliphatic rings. The van der Waals surface area contributed by atoms with Crippen LogP contribution in [0, 0.1) is 13.8 Å². The second-order valence-electron chi connectivity index (χ2n) is 7.04. The lowest BCUT2D eigenvalue weighted by Crippen LogP contribution is -2.41. The van der Waals surface area contributed by atoms with Crippen LogP contribution in [0.5, 0.6) is 0 Å². The van der Waals surface area contributed by atoms with Crippen LogP contribution < -0.4 is 0 Å². The number of aromatic nitrogens is 3. The van der Waals surface area contributed by atoms with Crippen molar-refractivity contribution >= 4 is 5.91 Å². The Balaban J connectivity index is 1.53. The highest BCUT2D eigenvalue weighted by Crippen LogP contribution is 2.26. The lowest BCUT2D eigenvalue weighted by molar-refractivity contribution is 0.0671. The number of amides is 1. The average molecular weight is 324 g/mol. The molecule has 1 aliphatic carbocycles. The lowest BCUT2D eigenvalue weighted by atomic mass is 10.0. The van der Waals surface area contributed by atoms with Crippen molar-refractivity contribution in [3.8, 4) is 0 Å². The number of carbonyl (C=O) groups is 1. The maximum absolute atomic E-state index is 12.9. The molecule has 2 heterocycles. The molecular formula is C19H24N4O. The summed E-state index contributed by atoms with van der Waals surface area (Å²) >= 11 is 0. The molecule has 24 heavy (non-hydrogen) atoms. The summed E-state index contributed by atoms with van der Waals surface area (Å²) in [6.45, 7) is 5.46. The molecule has 0 radical (unpaired) electrons. The molecule has 4 rings (SSSR count). The first-order valence-electron chi connectivity index (χ1n) is 8.92. The van der Waals surface area contributed by atoms with Crippen LogP contribution >= 0.6 is 0 Å². The van der Waals surface area contributed by atoms with Gasteiger partial charge in [-0.05, 0) is 69.2 Å². The molecule has 1 atom stereocenters. The number of nitrogens with zero attached hydrogens (tertiary/aromatic N) is 4. The molecule has 2 aromatic rings. The van der Waals surface area contributed by atoms with E-state index in [-0.39, 0.29) is 11.9 Å². The van der Waals surface area contributed by atoms with Crippen LogP contribution in [0.15, 0.2) is 18.2 Å². The van der Waals surface area contributed by atoms with Gasteiger partial charge in [-0.1, -0.05) is 6.07 Å². The number of aryl methyl sites for hydroxylation is 4. The van der Waals surface area contributed by atoms with Crippen LogP contribution in [0.3, 0.4) is 0 Å². The second-order valence-corrected chi connectivity index (χ2v) is 7.04. The summed E-state index contributed by atoms with van der Waals surface area (Å²) in [4.78, 5) is 19.3. The van der Waals surface area contributed by atoms with Crippen molar-refractivity contribution in [3.05, 3.63) is 46.5 Å². The smallest absolute Gasteiger partial charge is 0.253 e. The molecule has 1 amide bonds. The first-order chi connectivity index (χ1) is 11.6. The first-order valence-corrected chi connectivity index (χ1v) is 8.92. The number of benzene rings is 1. The zero-order valence-corrected chi connectivity index (χ0v) is 14.5. The highest BCUT2D eigenvalue weighted by atomic mass is 16.2. The van der Waals surface area contributed by atoms with Gasteiger partial charge in [-0.15, -0.1) is 0 Å². The highest BCUT2D eigenvalue weighted by Gasteiger charge is 2.27. The summed E-state index contributed by atoms with van der Waals surface area (Å²) in [5.41, 5.74) is 3.61. The average Bonchev–Trinajstić information content (AvgIpc) is 3.19. The number of carbonyl (C=O) groups excluding carboxylic acids is 1. The van der Waals surface area contributed by atoms with Gasteiger partial charge in [-0.3, -0.25) is 4.79 Å². The van der Waals surface area contributed by atoms with Gasteiger partial charge in [0.25, 0.3) is 5.91 Å². The summed E-state index contributed by atoms with van der Waals surface area (Å²) in [7, 11) is 0. The molecule has 0 saturated carbocycles. The Kier molecular flexibility index (Phi) is 3.87. The van der Waals surface area contributed by atoms with Crippen LogP contribution in [-0.2, 0) is 12.8 Å². The summed E-state index contributed by atoms with van der Waals surface area (Å²) < 4.78 is 2.00. The van der Waals surface area contributed by atoms with Crippen molar-refractivity contribution in [1.82, 2.24) is 19.7 Å². The Bertz CT molecular complexity index is 780. The van der Waals surface area contributed by atoms with Crippen LogP contribution in [0.4, 0.5) is 0 Å². The third-order valence-corrected chi connectivity index (χ3v) is 5.28. The maximum atomic E-state index is 12.9. The molecule has 5 nitrogen and oxygen atoms in total. The van der Waals surface area contributed by atoms with Crippen molar-refractivity contribution in [2.45, 2.75) is 52.0 Å². The van der Waals surface area contributed by atoms with E-state index in [9.17, 15) is 4.79 Å². The Labute approximate surface area is 142 Å². The van der Waals surface area contributed by atoms with Crippen LogP contribution in [0.25, 0.3) is 0 Å². The SMILES string of the molecule is Cc1nc(C)n(C2CCCN(C(=O)c3ccc4c(c3)CCC4)C2)n1. The van der Waals surface area contributed by atoms with E-state index in [0.717, 1.165) is 56.0 Å². The van der Waals surface area contributed by atoms with E-state index in [4.69, 9.17) is 0 Å². The van der Waals surface area contributed by atoms with Gasteiger partial charge in [0, 0.05) is 18.7 Å². The molecule has 1 saturated heterocycles. The fourth-order valence-corrected chi connectivity index (χ4v) is 4.11. The minimum Gasteiger partial charge on any atom is -0.337 e. The summed E-state index contributed by atoms with van der Waals surface area (Å²) in [6, 6.07) is 6.49. The van der Waals surface area contributed by atoms with Gasteiger partial charge in [-0.2, -0.15) is 5.10 Å². The van der Waals surface area contributed by atoms with E-state index in [1.54, 1.807) is 0 Å². The summed E-state index contributed by atoms with van der Waals surface area (Å²) in [5.74, 6) is 1.89. The number of hydrogen-bond donors (Lipinski definition) is 0. The molecule has 126 valence electrons. The molecule has 1 fully saturated rings. The molecule has 1 aliphatic heterocycles. The molecule has 1 aromatic carbocycles. The number of hydrogen-bond acceptors (Lipinski definition) is 3. The number of fused-ring (bicyclic) bond motifs is 1. The van der Waals surface area contributed by atoms with Crippen LogP contribution in [0.2, 0.25) is 0 Å². The predicted molar refractivity (Wildman–Crippen MR) is 92.1 cm³/mol. The Morgan fingerprint density at radius 1 is 1.17 bits per heavy atom. The van der Waals surface area contributed by atoms with Gasteiger partial charge in [0.2, 0.25) is 0 Å². The van der Waals surface area contributed by atoms with E-state index < -0.39 is 0 Å². The molecular weight excluding hydrogens is 300 g/mol. The zero-order chi connectivity index (χ0) is 16.7.